The predicted molar refractivity (Wildman–Crippen MR) is 62.6 cm³/mol. The summed E-state index contributed by atoms with van der Waals surface area (Å²) >= 11 is 3.29. The van der Waals surface area contributed by atoms with E-state index in [-0.39, 0.29) is 10.7 Å². The Labute approximate surface area is 95.0 Å². The van der Waals surface area contributed by atoms with Crippen LogP contribution in [-0.2, 0) is 4.79 Å². The molecule has 0 heterocycles. The standard InChI is InChI=1S/C11H20BrNO/c1-8-6-4-3-5-7-10(8)13-11(14)9(2)12/h8-10H,3-7H2,1-2H3,(H,13,14). The summed E-state index contributed by atoms with van der Waals surface area (Å²) in [7, 11) is 0. The lowest BCUT2D eigenvalue weighted by atomic mass is 9.97. The van der Waals surface area contributed by atoms with Crippen molar-refractivity contribution in [2.45, 2.75) is 56.8 Å². The molecule has 0 aromatic heterocycles. The van der Waals surface area contributed by atoms with Crippen molar-refractivity contribution in [2.24, 2.45) is 5.92 Å². The molecule has 82 valence electrons. The SMILES string of the molecule is CC(Br)C(=O)NC1CCCCCC1C. The Balaban J connectivity index is 2.44. The van der Waals surface area contributed by atoms with Gasteiger partial charge in [0.25, 0.3) is 0 Å². The average Bonchev–Trinajstić information content (AvgIpc) is 2.32. The number of nitrogens with one attached hydrogen (secondary N) is 1. The van der Waals surface area contributed by atoms with Crippen molar-refractivity contribution in [2.75, 3.05) is 0 Å². The molecule has 3 heteroatoms. The minimum absolute atomic E-state index is 0.0713. The number of hydrogen-bond donors (Lipinski definition) is 1. The summed E-state index contributed by atoms with van der Waals surface area (Å²) in [6.45, 7) is 4.12. The number of hydrogen-bond acceptors (Lipinski definition) is 1. The molecule has 0 spiro atoms. The van der Waals surface area contributed by atoms with Crippen molar-refractivity contribution in [1.29, 1.82) is 0 Å². The minimum Gasteiger partial charge on any atom is -0.352 e. The molecular weight excluding hydrogens is 242 g/mol. The van der Waals surface area contributed by atoms with Gasteiger partial charge < -0.3 is 5.32 Å². The number of halogens is 1. The monoisotopic (exact) mass is 261 g/mol. The van der Waals surface area contributed by atoms with Gasteiger partial charge in [0.2, 0.25) is 5.91 Å². The number of carbonyl (C=O) groups excluding carboxylic acids is 1. The third-order valence-electron chi connectivity index (χ3n) is 3.05. The third-order valence-corrected chi connectivity index (χ3v) is 3.47. The summed E-state index contributed by atoms with van der Waals surface area (Å²) in [5.74, 6) is 0.761. The zero-order chi connectivity index (χ0) is 10.6. The second-order valence-corrected chi connectivity index (χ2v) is 5.72. The first kappa shape index (κ1) is 12.0. The van der Waals surface area contributed by atoms with Crippen LogP contribution in [0.25, 0.3) is 0 Å². The van der Waals surface area contributed by atoms with Gasteiger partial charge in [-0.15, -0.1) is 0 Å². The maximum atomic E-state index is 11.5. The van der Waals surface area contributed by atoms with Crippen molar-refractivity contribution in [3.8, 4) is 0 Å². The molecule has 1 aliphatic carbocycles. The van der Waals surface area contributed by atoms with Gasteiger partial charge in [0.15, 0.2) is 0 Å². The van der Waals surface area contributed by atoms with E-state index in [0.717, 1.165) is 6.42 Å². The molecule has 2 nitrogen and oxygen atoms in total. The molecule has 1 fully saturated rings. The fraction of sp³-hybridized carbons (Fsp3) is 0.909. The molecule has 0 aromatic carbocycles. The zero-order valence-electron chi connectivity index (χ0n) is 9.05. The van der Waals surface area contributed by atoms with Gasteiger partial charge in [-0.3, -0.25) is 4.79 Å². The van der Waals surface area contributed by atoms with Crippen LogP contribution < -0.4 is 5.32 Å². The topological polar surface area (TPSA) is 29.1 Å². The molecule has 1 aliphatic rings. The van der Waals surface area contributed by atoms with Gasteiger partial charge in [-0.05, 0) is 25.7 Å². The Morgan fingerprint density at radius 3 is 2.64 bits per heavy atom. The molecule has 1 N–H and O–H groups in total. The normalized spacial score (nSPS) is 30.5. The average molecular weight is 262 g/mol. The van der Waals surface area contributed by atoms with Gasteiger partial charge in [-0.2, -0.15) is 0 Å². The van der Waals surface area contributed by atoms with Crippen LogP contribution in [0.3, 0.4) is 0 Å². The lowest BCUT2D eigenvalue weighted by Gasteiger charge is -2.23. The fourth-order valence-electron chi connectivity index (χ4n) is 2.01. The summed E-state index contributed by atoms with van der Waals surface area (Å²) in [6, 6.07) is 0.394. The Morgan fingerprint density at radius 2 is 2.00 bits per heavy atom. The lowest BCUT2D eigenvalue weighted by Crippen LogP contribution is -2.41. The van der Waals surface area contributed by atoms with Crippen LogP contribution in [0.4, 0.5) is 0 Å². The molecule has 3 unspecified atom stereocenters. The summed E-state index contributed by atoms with van der Waals surface area (Å²) in [5, 5.41) is 3.12. The van der Waals surface area contributed by atoms with Gasteiger partial charge in [0.05, 0.1) is 4.83 Å². The predicted octanol–water partition coefficient (Wildman–Crippen LogP) is 2.85. The zero-order valence-corrected chi connectivity index (χ0v) is 10.6. The number of carbonyl (C=O) groups is 1. The van der Waals surface area contributed by atoms with Crippen molar-refractivity contribution < 1.29 is 4.79 Å². The number of alkyl halides is 1. The maximum Gasteiger partial charge on any atom is 0.233 e. The maximum absolute atomic E-state index is 11.5. The van der Waals surface area contributed by atoms with Gasteiger partial charge in [-0.25, -0.2) is 0 Å². The highest BCUT2D eigenvalue weighted by Gasteiger charge is 2.22. The van der Waals surface area contributed by atoms with E-state index in [1.54, 1.807) is 0 Å². The van der Waals surface area contributed by atoms with E-state index in [1.807, 2.05) is 6.92 Å². The first-order valence-electron chi connectivity index (χ1n) is 5.55. The summed E-state index contributed by atoms with van der Waals surface area (Å²) in [5.41, 5.74) is 0. The molecule has 1 saturated carbocycles. The molecule has 14 heavy (non-hydrogen) atoms. The quantitative estimate of drug-likeness (QED) is 0.601. The molecular formula is C11H20BrNO. The van der Waals surface area contributed by atoms with E-state index >= 15 is 0 Å². The first-order chi connectivity index (χ1) is 6.61. The van der Waals surface area contributed by atoms with Gasteiger partial charge in [-0.1, -0.05) is 42.1 Å². The Bertz CT molecular complexity index is 194. The van der Waals surface area contributed by atoms with Crippen molar-refractivity contribution >= 4 is 21.8 Å². The van der Waals surface area contributed by atoms with Crippen LogP contribution in [0.15, 0.2) is 0 Å². The van der Waals surface area contributed by atoms with Gasteiger partial charge >= 0.3 is 0 Å². The van der Waals surface area contributed by atoms with Gasteiger partial charge in [0, 0.05) is 6.04 Å². The van der Waals surface area contributed by atoms with Crippen LogP contribution in [0.1, 0.15) is 46.0 Å². The number of rotatable bonds is 2. The van der Waals surface area contributed by atoms with Crippen molar-refractivity contribution in [1.82, 2.24) is 5.32 Å². The Morgan fingerprint density at radius 1 is 1.36 bits per heavy atom. The molecule has 0 bridgehead atoms. The van der Waals surface area contributed by atoms with Crippen LogP contribution in [-0.4, -0.2) is 16.8 Å². The summed E-state index contributed by atoms with van der Waals surface area (Å²) < 4.78 is 0. The molecule has 1 amide bonds. The molecule has 0 radical (unpaired) electrons. The second-order valence-electron chi connectivity index (χ2n) is 4.35. The largest absolute Gasteiger partial charge is 0.352 e. The molecule has 0 aromatic rings. The van der Waals surface area contributed by atoms with Crippen molar-refractivity contribution in [3.63, 3.8) is 0 Å². The van der Waals surface area contributed by atoms with Gasteiger partial charge in [0.1, 0.15) is 0 Å². The van der Waals surface area contributed by atoms with Crippen LogP contribution >= 0.6 is 15.9 Å². The van der Waals surface area contributed by atoms with E-state index in [2.05, 4.69) is 28.2 Å². The van der Waals surface area contributed by atoms with E-state index in [1.165, 1.54) is 25.7 Å². The van der Waals surface area contributed by atoms with E-state index < -0.39 is 0 Å². The Kier molecular flexibility index (Phi) is 4.93. The summed E-state index contributed by atoms with van der Waals surface area (Å²) in [4.78, 5) is 11.4. The fourth-order valence-corrected chi connectivity index (χ4v) is 2.14. The third kappa shape index (κ3) is 3.60. The molecule has 0 aliphatic heterocycles. The molecule has 1 rings (SSSR count). The Hall–Kier alpha value is -0.0500. The smallest absolute Gasteiger partial charge is 0.233 e. The lowest BCUT2D eigenvalue weighted by molar-refractivity contribution is -0.121. The number of amides is 1. The molecule has 0 saturated heterocycles. The second kappa shape index (κ2) is 5.74. The summed E-state index contributed by atoms with van der Waals surface area (Å²) in [6.07, 6.45) is 6.29. The van der Waals surface area contributed by atoms with Crippen LogP contribution in [0, 0.1) is 5.92 Å². The van der Waals surface area contributed by atoms with Crippen molar-refractivity contribution in [3.05, 3.63) is 0 Å². The highest BCUT2D eigenvalue weighted by Crippen LogP contribution is 2.23. The van der Waals surface area contributed by atoms with Crippen LogP contribution in [0.2, 0.25) is 0 Å². The first-order valence-corrected chi connectivity index (χ1v) is 6.47. The van der Waals surface area contributed by atoms with E-state index in [4.69, 9.17) is 0 Å². The highest BCUT2D eigenvalue weighted by molar-refractivity contribution is 9.10. The highest BCUT2D eigenvalue weighted by atomic mass is 79.9. The van der Waals surface area contributed by atoms with Crippen LogP contribution in [0.5, 0.6) is 0 Å². The van der Waals surface area contributed by atoms with E-state index in [0.29, 0.717) is 12.0 Å². The minimum atomic E-state index is -0.0713. The van der Waals surface area contributed by atoms with E-state index in [9.17, 15) is 4.79 Å². The molecule has 3 atom stereocenters.